The van der Waals surface area contributed by atoms with E-state index in [-0.39, 0.29) is 5.54 Å². The highest BCUT2D eigenvalue weighted by Gasteiger charge is 2.08. The van der Waals surface area contributed by atoms with Crippen LogP contribution in [0, 0.1) is 0 Å². The van der Waals surface area contributed by atoms with E-state index in [0.717, 1.165) is 30.9 Å². The maximum Gasteiger partial charge on any atom is 0.119 e. The van der Waals surface area contributed by atoms with E-state index in [1.165, 1.54) is 5.56 Å². The van der Waals surface area contributed by atoms with Gasteiger partial charge in [-0.25, -0.2) is 0 Å². The molecule has 1 N–H and O–H groups in total. The number of benzene rings is 1. The molecule has 0 aliphatic rings. The predicted molar refractivity (Wildman–Crippen MR) is 84.4 cm³/mol. The molecule has 3 heteroatoms. The third-order valence-electron chi connectivity index (χ3n) is 2.83. The van der Waals surface area contributed by atoms with Gasteiger partial charge in [-0.15, -0.1) is 0 Å². The van der Waals surface area contributed by atoms with Gasteiger partial charge in [-0.3, -0.25) is 0 Å². The summed E-state index contributed by atoms with van der Waals surface area (Å²) in [6.45, 7) is 12.5. The first-order valence-electron chi connectivity index (χ1n) is 7.03. The van der Waals surface area contributed by atoms with E-state index in [4.69, 9.17) is 9.47 Å². The van der Waals surface area contributed by atoms with Crippen LogP contribution in [0.5, 0.6) is 5.75 Å². The normalized spacial score (nSPS) is 11.4. The molecule has 1 aromatic rings. The van der Waals surface area contributed by atoms with Crippen molar-refractivity contribution in [3.05, 3.63) is 42.0 Å². The van der Waals surface area contributed by atoms with Crippen LogP contribution in [0.25, 0.3) is 0 Å². The molecule has 0 atom stereocenters. The molecule has 0 fully saturated rings. The van der Waals surface area contributed by atoms with Crippen LogP contribution in [0.4, 0.5) is 0 Å². The topological polar surface area (TPSA) is 30.5 Å². The van der Waals surface area contributed by atoms with Crippen LogP contribution in [0.3, 0.4) is 0 Å². The van der Waals surface area contributed by atoms with Crippen molar-refractivity contribution in [3.8, 4) is 5.75 Å². The fraction of sp³-hybridized carbons (Fsp3) is 0.529. The van der Waals surface area contributed by atoms with Crippen LogP contribution in [0.1, 0.15) is 26.3 Å². The van der Waals surface area contributed by atoms with Crippen molar-refractivity contribution in [2.24, 2.45) is 0 Å². The quantitative estimate of drug-likeness (QED) is 0.740. The maximum absolute atomic E-state index is 5.72. The van der Waals surface area contributed by atoms with E-state index < -0.39 is 0 Å². The lowest BCUT2D eigenvalue weighted by atomic mass is 10.1. The molecule has 0 saturated heterocycles. The molecule has 112 valence electrons. The van der Waals surface area contributed by atoms with Gasteiger partial charge < -0.3 is 14.8 Å². The lowest BCUT2D eigenvalue weighted by Crippen LogP contribution is -2.37. The molecule has 20 heavy (non-hydrogen) atoms. The third kappa shape index (κ3) is 7.31. The summed E-state index contributed by atoms with van der Waals surface area (Å²) in [5.41, 5.74) is 2.40. The summed E-state index contributed by atoms with van der Waals surface area (Å²) in [5.74, 6) is 0.878. The molecular formula is C17H27NO2. The maximum atomic E-state index is 5.72. The Kier molecular flexibility index (Phi) is 6.76. The zero-order valence-electron chi connectivity index (χ0n) is 13.2. The molecule has 0 bridgehead atoms. The number of nitrogens with one attached hydrogen (secondary N) is 1. The Bertz CT molecular complexity index is 404. The minimum Gasteiger partial charge on any atom is -0.489 e. The molecule has 0 radical (unpaired) electrons. The van der Waals surface area contributed by atoms with Crippen molar-refractivity contribution in [2.75, 3.05) is 26.9 Å². The van der Waals surface area contributed by atoms with E-state index in [1.54, 1.807) is 7.11 Å². The van der Waals surface area contributed by atoms with Crippen molar-refractivity contribution in [1.82, 2.24) is 5.32 Å². The summed E-state index contributed by atoms with van der Waals surface area (Å²) in [6.07, 6.45) is 0.930. The van der Waals surface area contributed by atoms with E-state index in [9.17, 15) is 0 Å². The van der Waals surface area contributed by atoms with Crippen molar-refractivity contribution in [3.63, 3.8) is 0 Å². The minimum atomic E-state index is 0.103. The van der Waals surface area contributed by atoms with Crippen molar-refractivity contribution in [2.45, 2.75) is 32.7 Å². The minimum absolute atomic E-state index is 0.103. The Balaban J connectivity index is 2.32. The van der Waals surface area contributed by atoms with Crippen molar-refractivity contribution in [1.29, 1.82) is 0 Å². The van der Waals surface area contributed by atoms with E-state index in [2.05, 4.69) is 44.8 Å². The monoisotopic (exact) mass is 277 g/mol. The van der Waals surface area contributed by atoms with Gasteiger partial charge >= 0.3 is 0 Å². The first kappa shape index (κ1) is 16.7. The number of methoxy groups -OCH3 is 1. The molecule has 0 unspecified atom stereocenters. The molecule has 1 rings (SSSR count). The lowest BCUT2D eigenvalue weighted by molar-refractivity contribution is 0.202. The van der Waals surface area contributed by atoms with E-state index in [1.807, 2.05) is 12.1 Å². The summed E-state index contributed by atoms with van der Waals surface area (Å²) in [4.78, 5) is 0. The van der Waals surface area contributed by atoms with Gasteiger partial charge in [0.05, 0.1) is 6.61 Å². The van der Waals surface area contributed by atoms with Crippen molar-refractivity contribution >= 4 is 0 Å². The van der Waals surface area contributed by atoms with E-state index >= 15 is 0 Å². The summed E-state index contributed by atoms with van der Waals surface area (Å²) in [7, 11) is 1.72. The Morgan fingerprint density at radius 3 is 2.40 bits per heavy atom. The van der Waals surface area contributed by atoms with Crippen LogP contribution in [0.15, 0.2) is 36.4 Å². The Morgan fingerprint density at radius 1 is 1.20 bits per heavy atom. The Labute approximate surface area is 123 Å². The van der Waals surface area contributed by atoms with Crippen molar-refractivity contribution < 1.29 is 9.47 Å². The standard InChI is InChI=1S/C17H27NO2/c1-14(12-18-17(2,3)4)13-20-16-8-6-15(7-9-16)10-11-19-5/h6-9,18H,1,10-13H2,2-5H3. The molecule has 0 heterocycles. The molecule has 0 aromatic heterocycles. The Morgan fingerprint density at radius 2 is 1.85 bits per heavy atom. The molecule has 1 aromatic carbocycles. The summed E-state index contributed by atoms with van der Waals surface area (Å²) < 4.78 is 10.8. The molecule has 0 amide bonds. The highest BCUT2D eigenvalue weighted by molar-refractivity contribution is 5.27. The van der Waals surface area contributed by atoms with E-state index in [0.29, 0.717) is 6.61 Å². The second-order valence-electron chi connectivity index (χ2n) is 6.03. The largest absolute Gasteiger partial charge is 0.489 e. The molecular weight excluding hydrogens is 250 g/mol. The zero-order valence-corrected chi connectivity index (χ0v) is 13.2. The second-order valence-corrected chi connectivity index (χ2v) is 6.03. The van der Waals surface area contributed by atoms with Gasteiger partial charge in [-0.1, -0.05) is 18.7 Å². The number of rotatable bonds is 8. The smallest absolute Gasteiger partial charge is 0.119 e. The first-order valence-corrected chi connectivity index (χ1v) is 7.03. The summed E-state index contributed by atoms with van der Waals surface area (Å²) >= 11 is 0. The molecule has 3 nitrogen and oxygen atoms in total. The molecule has 0 aliphatic carbocycles. The number of ether oxygens (including phenoxy) is 2. The van der Waals surface area contributed by atoms with Crippen LogP contribution >= 0.6 is 0 Å². The zero-order chi connectivity index (χ0) is 15.0. The highest BCUT2D eigenvalue weighted by Crippen LogP contribution is 2.13. The van der Waals surface area contributed by atoms with Gasteiger partial charge in [-0.2, -0.15) is 0 Å². The second kappa shape index (κ2) is 8.08. The van der Waals surface area contributed by atoms with Gasteiger partial charge in [0.1, 0.15) is 12.4 Å². The van der Waals surface area contributed by atoms with Crippen LogP contribution in [0.2, 0.25) is 0 Å². The number of hydrogen-bond donors (Lipinski definition) is 1. The van der Waals surface area contributed by atoms with Gasteiger partial charge in [0.2, 0.25) is 0 Å². The van der Waals surface area contributed by atoms with Crippen LogP contribution < -0.4 is 10.1 Å². The predicted octanol–water partition coefficient (Wildman–Crippen LogP) is 3.20. The summed E-state index contributed by atoms with van der Waals surface area (Å²) in [6, 6.07) is 8.14. The van der Waals surface area contributed by atoms with Gasteiger partial charge in [0, 0.05) is 19.2 Å². The fourth-order valence-corrected chi connectivity index (χ4v) is 1.60. The Hall–Kier alpha value is -1.32. The highest BCUT2D eigenvalue weighted by atomic mass is 16.5. The average molecular weight is 277 g/mol. The number of hydrogen-bond acceptors (Lipinski definition) is 3. The summed E-state index contributed by atoms with van der Waals surface area (Å²) in [5, 5.41) is 3.40. The van der Waals surface area contributed by atoms with Crippen LogP contribution in [-0.2, 0) is 11.2 Å². The first-order chi connectivity index (χ1) is 9.40. The van der Waals surface area contributed by atoms with Gasteiger partial charge in [-0.05, 0) is 50.5 Å². The molecule has 0 spiro atoms. The molecule has 0 aliphatic heterocycles. The fourth-order valence-electron chi connectivity index (χ4n) is 1.60. The van der Waals surface area contributed by atoms with Gasteiger partial charge in [0.25, 0.3) is 0 Å². The molecule has 0 saturated carbocycles. The lowest BCUT2D eigenvalue weighted by Gasteiger charge is -2.21. The van der Waals surface area contributed by atoms with Gasteiger partial charge in [0.15, 0.2) is 0 Å². The average Bonchev–Trinajstić information content (AvgIpc) is 2.41. The van der Waals surface area contributed by atoms with Crippen LogP contribution in [-0.4, -0.2) is 32.4 Å². The SMILES string of the molecule is C=C(CNC(C)(C)C)COc1ccc(CCOC)cc1. The third-order valence-corrected chi connectivity index (χ3v) is 2.83.